The van der Waals surface area contributed by atoms with Crippen LogP contribution in [0.5, 0.6) is 11.5 Å². The molecule has 37 heavy (non-hydrogen) atoms. The molecule has 6 rings (SSSR count). The van der Waals surface area contributed by atoms with Gasteiger partial charge in [0, 0.05) is 24.1 Å². The normalized spacial score (nSPS) is 13.4. The number of esters is 1. The molecule has 1 amide bonds. The third-order valence-electron chi connectivity index (χ3n) is 6.18. The van der Waals surface area contributed by atoms with Crippen molar-refractivity contribution in [1.82, 2.24) is 4.57 Å². The quantitative estimate of drug-likeness (QED) is 0.201. The molecule has 5 aromatic rings. The minimum Gasteiger partial charge on any atom is -0.486 e. The van der Waals surface area contributed by atoms with Gasteiger partial charge >= 0.3 is 11.6 Å². The smallest absolute Gasteiger partial charge is 0.349 e. The average Bonchev–Trinajstić information content (AvgIpc) is 3.24. The van der Waals surface area contributed by atoms with Crippen molar-refractivity contribution < 1.29 is 28.2 Å². The number of carbonyl (C=O) groups excluding carboxylic acids is 2. The lowest BCUT2D eigenvalue weighted by Gasteiger charge is -2.18. The summed E-state index contributed by atoms with van der Waals surface area (Å²) in [5, 5.41) is 2.46. The predicted molar refractivity (Wildman–Crippen MR) is 137 cm³/mol. The van der Waals surface area contributed by atoms with Crippen LogP contribution in [0.2, 0.25) is 0 Å². The average molecular weight is 517 g/mol. The molecule has 0 spiro atoms. The summed E-state index contributed by atoms with van der Waals surface area (Å²) in [6.45, 7) is 1.08. The highest BCUT2D eigenvalue weighted by Gasteiger charge is 2.19. The summed E-state index contributed by atoms with van der Waals surface area (Å²) in [4.78, 5) is 42.6. The molecule has 1 aliphatic heterocycles. The minimum atomic E-state index is -0.768. The summed E-state index contributed by atoms with van der Waals surface area (Å²) in [6, 6.07) is 16.4. The summed E-state index contributed by atoms with van der Waals surface area (Å²) in [7, 11) is 1.32. The maximum atomic E-state index is 13.3. The molecule has 0 bridgehead atoms. The predicted octanol–water partition coefficient (Wildman–Crippen LogP) is 4.04. The van der Waals surface area contributed by atoms with Crippen molar-refractivity contribution in [2.75, 3.05) is 20.3 Å². The molecule has 1 aliphatic rings. The Kier molecular flexibility index (Phi) is 5.72. The first-order valence-electron chi connectivity index (χ1n) is 11.6. The molecule has 0 N–H and O–H groups in total. The number of aromatic nitrogens is 1. The van der Waals surface area contributed by atoms with E-state index in [0.717, 1.165) is 21.0 Å². The second-order valence-corrected chi connectivity index (χ2v) is 9.40. The van der Waals surface area contributed by atoms with Crippen LogP contribution >= 0.6 is 11.3 Å². The summed E-state index contributed by atoms with van der Waals surface area (Å²) < 4.78 is 24.2. The number of carbonyl (C=O) groups is 2. The molecule has 0 radical (unpaired) electrons. The Bertz CT molecular complexity index is 1850. The highest BCUT2D eigenvalue weighted by Crippen LogP contribution is 2.35. The Morgan fingerprint density at radius 2 is 1.81 bits per heavy atom. The number of benzene rings is 3. The zero-order valence-electron chi connectivity index (χ0n) is 19.7. The molecular formula is C27H20N2O7S. The number of ether oxygens (including phenoxy) is 3. The Morgan fingerprint density at radius 3 is 2.62 bits per heavy atom. The Labute approximate surface area is 213 Å². The monoisotopic (exact) mass is 516 g/mol. The molecule has 2 aromatic heterocycles. The van der Waals surface area contributed by atoms with Gasteiger partial charge in [0.15, 0.2) is 16.3 Å². The van der Waals surface area contributed by atoms with E-state index in [-0.39, 0.29) is 18.5 Å². The van der Waals surface area contributed by atoms with Gasteiger partial charge in [0.2, 0.25) is 0 Å². The van der Waals surface area contributed by atoms with E-state index in [4.69, 9.17) is 18.6 Å². The van der Waals surface area contributed by atoms with Crippen LogP contribution in [-0.2, 0) is 16.1 Å². The fourth-order valence-electron chi connectivity index (χ4n) is 4.38. The van der Waals surface area contributed by atoms with Crippen LogP contribution in [-0.4, -0.2) is 36.8 Å². The Balaban J connectivity index is 1.50. The van der Waals surface area contributed by atoms with Gasteiger partial charge in [-0.25, -0.2) is 4.79 Å². The van der Waals surface area contributed by atoms with Crippen molar-refractivity contribution in [3.63, 3.8) is 0 Å². The molecule has 10 heteroatoms. The summed E-state index contributed by atoms with van der Waals surface area (Å²) in [5.41, 5.74) is 0.171. The number of nitrogens with zero attached hydrogens (tertiary/aromatic N) is 2. The van der Waals surface area contributed by atoms with Crippen molar-refractivity contribution in [3.05, 3.63) is 75.4 Å². The van der Waals surface area contributed by atoms with Crippen LogP contribution in [0.1, 0.15) is 16.8 Å². The Morgan fingerprint density at radius 1 is 1.03 bits per heavy atom. The number of aryl methyl sites for hydroxylation is 1. The highest BCUT2D eigenvalue weighted by molar-refractivity contribution is 7.16. The van der Waals surface area contributed by atoms with Gasteiger partial charge in [-0.2, -0.15) is 4.99 Å². The maximum Gasteiger partial charge on any atom is 0.349 e. The number of hydrogen-bond acceptors (Lipinski definition) is 8. The van der Waals surface area contributed by atoms with E-state index >= 15 is 0 Å². The van der Waals surface area contributed by atoms with Crippen molar-refractivity contribution in [2.24, 2.45) is 4.99 Å². The van der Waals surface area contributed by atoms with Crippen molar-refractivity contribution in [1.29, 1.82) is 0 Å². The molecular weight excluding hydrogens is 496 g/mol. The number of fused-ring (bicyclic) bond motifs is 5. The van der Waals surface area contributed by atoms with Crippen LogP contribution < -0.4 is 19.9 Å². The first-order chi connectivity index (χ1) is 18.0. The third-order valence-corrected chi connectivity index (χ3v) is 7.22. The zero-order valence-corrected chi connectivity index (χ0v) is 20.5. The second kappa shape index (κ2) is 9.21. The number of hydrogen-bond donors (Lipinski definition) is 0. The minimum absolute atomic E-state index is 0.0717. The van der Waals surface area contributed by atoms with Crippen molar-refractivity contribution in [2.45, 2.75) is 13.0 Å². The molecule has 3 heterocycles. The zero-order chi connectivity index (χ0) is 25.5. The molecule has 0 fully saturated rings. The standard InChI is InChI=1S/C27H20N2O7S/c1-33-24(30)8-9-29-19-13-21-22(35-11-10-34-21)14-23(19)37-27(29)28-25(31)18-12-17-16-5-3-2-4-15(16)6-7-20(17)36-26(18)32/h2-7,12-14H,8-11H2,1H3. The van der Waals surface area contributed by atoms with Gasteiger partial charge in [-0.3, -0.25) is 9.59 Å². The maximum absolute atomic E-state index is 13.3. The van der Waals surface area contributed by atoms with Crippen molar-refractivity contribution >= 4 is 55.2 Å². The number of methoxy groups -OCH3 is 1. The van der Waals surface area contributed by atoms with E-state index in [2.05, 4.69) is 4.99 Å². The first kappa shape index (κ1) is 23.0. The van der Waals surface area contributed by atoms with Gasteiger partial charge in [-0.05, 0) is 22.9 Å². The van der Waals surface area contributed by atoms with Crippen LogP contribution in [0.15, 0.2) is 68.8 Å². The lowest BCUT2D eigenvalue weighted by molar-refractivity contribution is -0.140. The third kappa shape index (κ3) is 4.15. The summed E-state index contributed by atoms with van der Waals surface area (Å²) in [6.07, 6.45) is 0.0717. The molecule has 9 nitrogen and oxygen atoms in total. The van der Waals surface area contributed by atoms with Crippen LogP contribution in [0.3, 0.4) is 0 Å². The molecule has 3 aromatic carbocycles. The van der Waals surface area contributed by atoms with Crippen LogP contribution in [0.25, 0.3) is 32.0 Å². The lowest BCUT2D eigenvalue weighted by Crippen LogP contribution is -2.21. The first-order valence-corrected chi connectivity index (χ1v) is 12.4. The fourth-order valence-corrected chi connectivity index (χ4v) is 5.45. The largest absolute Gasteiger partial charge is 0.486 e. The summed E-state index contributed by atoms with van der Waals surface area (Å²) in [5.74, 6) is 0.0336. The molecule has 0 atom stereocenters. The number of thiazole rings is 1. The molecule has 186 valence electrons. The SMILES string of the molecule is COC(=O)CCn1c(=NC(=O)c2cc3c(ccc4ccccc43)oc2=O)sc2cc3c(cc21)OCCO3. The molecule has 0 saturated heterocycles. The van der Waals surface area contributed by atoms with E-state index < -0.39 is 17.5 Å². The van der Waals surface area contributed by atoms with Crippen molar-refractivity contribution in [3.8, 4) is 11.5 Å². The van der Waals surface area contributed by atoms with Gasteiger partial charge in [0.25, 0.3) is 5.91 Å². The Hall–Kier alpha value is -4.44. The highest BCUT2D eigenvalue weighted by atomic mass is 32.1. The van der Waals surface area contributed by atoms with Gasteiger partial charge < -0.3 is 23.2 Å². The van der Waals surface area contributed by atoms with Gasteiger partial charge in [-0.15, -0.1) is 0 Å². The topological polar surface area (TPSA) is 109 Å². The van der Waals surface area contributed by atoms with E-state index in [1.807, 2.05) is 36.4 Å². The van der Waals surface area contributed by atoms with Gasteiger partial charge in [0.05, 0.1) is 23.7 Å². The number of amides is 1. The molecule has 0 saturated carbocycles. The number of rotatable bonds is 4. The van der Waals surface area contributed by atoms with Crippen LogP contribution in [0, 0.1) is 0 Å². The van der Waals surface area contributed by atoms with Crippen LogP contribution in [0.4, 0.5) is 0 Å². The van der Waals surface area contributed by atoms with Gasteiger partial charge in [0.1, 0.15) is 24.4 Å². The van der Waals surface area contributed by atoms with E-state index in [1.54, 1.807) is 16.7 Å². The molecule has 0 unspecified atom stereocenters. The lowest BCUT2D eigenvalue weighted by atomic mass is 10.0. The van der Waals surface area contributed by atoms with E-state index in [9.17, 15) is 14.4 Å². The van der Waals surface area contributed by atoms with Gasteiger partial charge in [-0.1, -0.05) is 41.7 Å². The summed E-state index contributed by atoms with van der Waals surface area (Å²) >= 11 is 1.25. The second-order valence-electron chi connectivity index (χ2n) is 8.39. The van der Waals surface area contributed by atoms with E-state index in [1.165, 1.54) is 24.5 Å². The molecule has 0 aliphatic carbocycles. The fraction of sp³-hybridized carbons (Fsp3) is 0.185. The van der Waals surface area contributed by atoms with E-state index in [0.29, 0.717) is 40.5 Å².